The number of Topliss-reactive ketones (excluding diaryl/α,β-unsaturated/α-hetero) is 1. The van der Waals surface area contributed by atoms with Crippen molar-refractivity contribution >= 4 is 27.4 Å². The second kappa shape index (κ2) is 8.36. The molecule has 0 aliphatic rings. The number of amides is 1. The average Bonchev–Trinajstić information content (AvgIpc) is 2.62. The third-order valence-corrected chi connectivity index (χ3v) is 5.69. The molecule has 27 heavy (non-hydrogen) atoms. The molecule has 1 amide bonds. The first kappa shape index (κ1) is 20.7. The fourth-order valence-electron chi connectivity index (χ4n) is 2.35. The van der Waals surface area contributed by atoms with Crippen molar-refractivity contribution in [3.63, 3.8) is 0 Å². The smallest absolute Gasteiger partial charge is 0.243 e. The van der Waals surface area contributed by atoms with Gasteiger partial charge in [0.25, 0.3) is 0 Å². The lowest BCUT2D eigenvalue weighted by molar-refractivity contribution is -0.116. The third-order valence-electron chi connectivity index (χ3n) is 3.78. The van der Waals surface area contributed by atoms with Crippen LogP contribution >= 0.6 is 0 Å². The van der Waals surface area contributed by atoms with Gasteiger partial charge in [0.15, 0.2) is 5.78 Å². The first-order valence-corrected chi connectivity index (χ1v) is 9.45. The maximum Gasteiger partial charge on any atom is 0.243 e. The van der Waals surface area contributed by atoms with E-state index >= 15 is 0 Å². The second-order valence-corrected chi connectivity index (χ2v) is 7.60. The number of carbonyl (C=O) groups is 2. The summed E-state index contributed by atoms with van der Waals surface area (Å²) >= 11 is 0. The SMILES string of the molecule is CCN(CC(=O)Nc1c(F)cccc1F)S(=O)(=O)c1cccc(C(C)=O)c1. The maximum atomic E-state index is 13.6. The van der Waals surface area contributed by atoms with Crippen LogP contribution < -0.4 is 5.32 Å². The quantitative estimate of drug-likeness (QED) is 0.730. The Kier molecular flexibility index (Phi) is 6.40. The number of nitrogens with one attached hydrogen (secondary N) is 1. The molecule has 0 atom stereocenters. The number of nitrogens with zero attached hydrogens (tertiary/aromatic N) is 1. The van der Waals surface area contributed by atoms with Crippen LogP contribution in [-0.4, -0.2) is 37.5 Å². The number of carbonyl (C=O) groups excluding carboxylic acids is 2. The molecule has 0 saturated carbocycles. The number of anilines is 1. The molecule has 0 aliphatic carbocycles. The maximum absolute atomic E-state index is 13.6. The van der Waals surface area contributed by atoms with E-state index in [1.165, 1.54) is 38.1 Å². The number of hydrogen-bond acceptors (Lipinski definition) is 4. The highest BCUT2D eigenvalue weighted by molar-refractivity contribution is 7.89. The Hall–Kier alpha value is -2.65. The molecule has 0 radical (unpaired) electrons. The molecular weight excluding hydrogens is 378 g/mol. The molecule has 0 aromatic heterocycles. The number of likely N-dealkylation sites (N-methyl/N-ethyl adjacent to an activating group) is 1. The number of benzene rings is 2. The third kappa shape index (κ3) is 4.75. The first-order chi connectivity index (χ1) is 12.7. The van der Waals surface area contributed by atoms with Gasteiger partial charge in [0.05, 0.1) is 11.4 Å². The van der Waals surface area contributed by atoms with E-state index in [1.807, 2.05) is 5.32 Å². The topological polar surface area (TPSA) is 83.6 Å². The number of hydrogen-bond donors (Lipinski definition) is 1. The summed E-state index contributed by atoms with van der Waals surface area (Å²) in [6.45, 7) is 2.12. The van der Waals surface area contributed by atoms with E-state index in [1.54, 1.807) is 0 Å². The number of halogens is 2. The fourth-order valence-corrected chi connectivity index (χ4v) is 3.80. The lowest BCUT2D eigenvalue weighted by Crippen LogP contribution is -2.38. The molecule has 9 heteroatoms. The molecule has 0 bridgehead atoms. The first-order valence-electron chi connectivity index (χ1n) is 8.01. The number of para-hydroxylation sites is 1. The van der Waals surface area contributed by atoms with Crippen molar-refractivity contribution in [2.24, 2.45) is 0 Å². The molecule has 2 rings (SSSR count). The van der Waals surface area contributed by atoms with Gasteiger partial charge in [-0.2, -0.15) is 4.31 Å². The predicted molar refractivity (Wildman–Crippen MR) is 95.9 cm³/mol. The van der Waals surface area contributed by atoms with Crippen LogP contribution in [0.15, 0.2) is 47.4 Å². The van der Waals surface area contributed by atoms with E-state index in [0.717, 1.165) is 22.5 Å². The Balaban J connectivity index is 2.24. The summed E-state index contributed by atoms with van der Waals surface area (Å²) in [5.41, 5.74) is -0.431. The van der Waals surface area contributed by atoms with Gasteiger partial charge in [0.1, 0.15) is 17.3 Å². The van der Waals surface area contributed by atoms with Crippen molar-refractivity contribution in [3.8, 4) is 0 Å². The van der Waals surface area contributed by atoms with Crippen molar-refractivity contribution in [3.05, 3.63) is 59.7 Å². The Bertz CT molecular complexity index is 957. The Morgan fingerprint density at radius 1 is 1.07 bits per heavy atom. The van der Waals surface area contributed by atoms with Gasteiger partial charge in [0, 0.05) is 12.1 Å². The van der Waals surface area contributed by atoms with Crippen LogP contribution in [0, 0.1) is 11.6 Å². The van der Waals surface area contributed by atoms with E-state index in [9.17, 15) is 26.8 Å². The molecule has 0 heterocycles. The van der Waals surface area contributed by atoms with Crippen molar-refractivity contribution in [2.75, 3.05) is 18.4 Å². The summed E-state index contributed by atoms with van der Waals surface area (Å²) in [6.07, 6.45) is 0. The van der Waals surface area contributed by atoms with Crippen molar-refractivity contribution < 1.29 is 26.8 Å². The molecule has 0 aliphatic heterocycles. The van der Waals surface area contributed by atoms with E-state index in [2.05, 4.69) is 0 Å². The van der Waals surface area contributed by atoms with Crippen LogP contribution in [0.2, 0.25) is 0 Å². The van der Waals surface area contributed by atoms with Gasteiger partial charge in [-0.25, -0.2) is 17.2 Å². The van der Waals surface area contributed by atoms with E-state index in [0.29, 0.717) is 0 Å². The fraction of sp³-hybridized carbons (Fsp3) is 0.222. The number of ketones is 1. The number of sulfonamides is 1. The summed E-state index contributed by atoms with van der Waals surface area (Å²) in [5.74, 6) is -3.14. The molecule has 6 nitrogen and oxygen atoms in total. The van der Waals surface area contributed by atoms with Gasteiger partial charge in [-0.15, -0.1) is 0 Å². The zero-order valence-electron chi connectivity index (χ0n) is 14.7. The van der Waals surface area contributed by atoms with Crippen LogP contribution in [-0.2, 0) is 14.8 Å². The van der Waals surface area contributed by atoms with Gasteiger partial charge < -0.3 is 5.32 Å². The van der Waals surface area contributed by atoms with Crippen molar-refractivity contribution in [1.82, 2.24) is 4.31 Å². The lowest BCUT2D eigenvalue weighted by Gasteiger charge is -2.20. The summed E-state index contributed by atoms with van der Waals surface area (Å²) in [5, 5.41) is 2.05. The molecule has 2 aromatic carbocycles. The molecule has 2 aromatic rings. The highest BCUT2D eigenvalue weighted by Crippen LogP contribution is 2.20. The highest BCUT2D eigenvalue weighted by Gasteiger charge is 2.26. The van der Waals surface area contributed by atoms with Gasteiger partial charge in [0.2, 0.25) is 15.9 Å². The van der Waals surface area contributed by atoms with Gasteiger partial charge in [-0.3, -0.25) is 9.59 Å². The normalized spacial score (nSPS) is 11.4. The Morgan fingerprint density at radius 3 is 2.22 bits per heavy atom. The standard InChI is InChI=1S/C18H18F2N2O4S/c1-3-22(11-17(24)21-18-15(19)8-5-9-16(18)20)27(25,26)14-7-4-6-13(10-14)12(2)23/h4-10H,3,11H2,1-2H3,(H,21,24). The predicted octanol–water partition coefficient (Wildman–Crippen LogP) is 2.82. The largest absolute Gasteiger partial charge is 0.320 e. The van der Waals surface area contributed by atoms with Gasteiger partial charge in [-0.05, 0) is 31.2 Å². The van der Waals surface area contributed by atoms with Crippen molar-refractivity contribution in [1.29, 1.82) is 0 Å². The van der Waals surface area contributed by atoms with E-state index < -0.39 is 39.8 Å². The molecule has 144 valence electrons. The lowest BCUT2D eigenvalue weighted by atomic mass is 10.2. The van der Waals surface area contributed by atoms with Crippen LogP contribution in [0.3, 0.4) is 0 Å². The number of rotatable bonds is 7. The zero-order valence-corrected chi connectivity index (χ0v) is 15.5. The zero-order chi connectivity index (χ0) is 20.2. The molecule has 1 N–H and O–H groups in total. The summed E-state index contributed by atoms with van der Waals surface area (Å²) in [6, 6.07) is 8.51. The van der Waals surface area contributed by atoms with Crippen molar-refractivity contribution in [2.45, 2.75) is 18.7 Å². The molecule has 0 fully saturated rings. The monoisotopic (exact) mass is 396 g/mol. The van der Waals surface area contributed by atoms with Crippen LogP contribution in [0.5, 0.6) is 0 Å². The van der Waals surface area contributed by atoms with Crippen LogP contribution in [0.1, 0.15) is 24.2 Å². The minimum Gasteiger partial charge on any atom is -0.320 e. The minimum atomic E-state index is -4.08. The second-order valence-electron chi connectivity index (χ2n) is 5.66. The minimum absolute atomic E-state index is 0.0557. The average molecular weight is 396 g/mol. The van der Waals surface area contributed by atoms with E-state index in [4.69, 9.17) is 0 Å². The van der Waals surface area contributed by atoms with E-state index in [-0.39, 0.29) is 22.8 Å². The Labute approximate surface area is 155 Å². The van der Waals surface area contributed by atoms with Gasteiger partial charge >= 0.3 is 0 Å². The molecule has 0 spiro atoms. The molecule has 0 saturated heterocycles. The summed E-state index contributed by atoms with van der Waals surface area (Å²) < 4.78 is 53.6. The summed E-state index contributed by atoms with van der Waals surface area (Å²) in [4.78, 5) is 23.4. The highest BCUT2D eigenvalue weighted by atomic mass is 32.2. The Morgan fingerprint density at radius 2 is 1.67 bits per heavy atom. The molecule has 0 unspecified atom stereocenters. The van der Waals surface area contributed by atoms with Crippen LogP contribution in [0.4, 0.5) is 14.5 Å². The molecular formula is C18H18F2N2O4S. The van der Waals surface area contributed by atoms with Crippen LogP contribution in [0.25, 0.3) is 0 Å². The summed E-state index contributed by atoms with van der Waals surface area (Å²) in [7, 11) is -4.08. The van der Waals surface area contributed by atoms with Gasteiger partial charge in [-0.1, -0.05) is 25.1 Å².